The summed E-state index contributed by atoms with van der Waals surface area (Å²) in [4.78, 5) is 26.2. The van der Waals surface area contributed by atoms with E-state index >= 15 is 0 Å². The lowest BCUT2D eigenvalue weighted by Crippen LogP contribution is -2.46. The van der Waals surface area contributed by atoms with Crippen LogP contribution in [0.15, 0.2) is 108 Å². The van der Waals surface area contributed by atoms with Gasteiger partial charge in [0.2, 0.25) is 0 Å². The molecule has 0 heterocycles. The fraction of sp³-hybridized carbons (Fsp3) is 0.235. The van der Waals surface area contributed by atoms with Crippen molar-refractivity contribution in [2.24, 2.45) is 0 Å². The molecule has 43 heavy (non-hydrogen) atoms. The van der Waals surface area contributed by atoms with Crippen LogP contribution in [0.25, 0.3) is 11.1 Å². The minimum Gasteiger partial charge on any atom is -0.458 e. The second-order valence-electron chi connectivity index (χ2n) is 11.3. The summed E-state index contributed by atoms with van der Waals surface area (Å²) in [6.45, 7) is 5.33. The highest BCUT2D eigenvalue weighted by molar-refractivity contribution is 7.87. The van der Waals surface area contributed by atoms with Crippen LogP contribution in [0, 0.1) is 0 Å². The van der Waals surface area contributed by atoms with Gasteiger partial charge in [0.05, 0.1) is 0 Å². The SMILES string of the molecule is CC(C)(C)OC(=O)[C@H](Cc1ccc(OS(=O)(=O)c2ccccc2)cc1)NC(=O)OCC1c2ccccc2-c2ccccc21. The first-order valence-corrected chi connectivity index (χ1v) is 15.3. The Morgan fingerprint density at radius 1 is 0.791 bits per heavy atom. The molecule has 9 heteroatoms. The number of carbonyl (C=O) groups excluding carboxylic acids is 2. The van der Waals surface area contributed by atoms with Crippen molar-refractivity contribution in [1.29, 1.82) is 0 Å². The second kappa shape index (κ2) is 12.3. The van der Waals surface area contributed by atoms with Crippen LogP contribution in [-0.4, -0.2) is 38.7 Å². The predicted octanol–water partition coefficient (Wildman–Crippen LogP) is 6.25. The van der Waals surface area contributed by atoms with Gasteiger partial charge in [0, 0.05) is 12.3 Å². The van der Waals surface area contributed by atoms with Crippen LogP contribution >= 0.6 is 0 Å². The molecule has 1 aliphatic rings. The fourth-order valence-electron chi connectivity index (χ4n) is 5.03. The van der Waals surface area contributed by atoms with E-state index in [9.17, 15) is 18.0 Å². The van der Waals surface area contributed by atoms with Crippen LogP contribution in [0.1, 0.15) is 43.4 Å². The normalized spacial score (nSPS) is 13.4. The molecule has 1 N–H and O–H groups in total. The Bertz CT molecular complexity index is 1670. The van der Waals surface area contributed by atoms with Crippen LogP contribution in [0.3, 0.4) is 0 Å². The maximum atomic E-state index is 13.1. The van der Waals surface area contributed by atoms with Gasteiger partial charge in [-0.15, -0.1) is 0 Å². The van der Waals surface area contributed by atoms with Crippen LogP contribution in [0.4, 0.5) is 4.79 Å². The number of rotatable bonds is 9. The number of hydrogen-bond acceptors (Lipinski definition) is 7. The van der Waals surface area contributed by atoms with Gasteiger partial charge < -0.3 is 19.0 Å². The van der Waals surface area contributed by atoms with Crippen molar-refractivity contribution in [2.75, 3.05) is 6.61 Å². The lowest BCUT2D eigenvalue weighted by atomic mass is 9.98. The van der Waals surface area contributed by atoms with E-state index in [4.69, 9.17) is 13.7 Å². The number of esters is 1. The van der Waals surface area contributed by atoms with E-state index < -0.39 is 33.8 Å². The molecule has 0 saturated heterocycles. The Balaban J connectivity index is 1.26. The molecule has 0 saturated carbocycles. The molecule has 1 atom stereocenters. The third kappa shape index (κ3) is 7.24. The third-order valence-corrected chi connectivity index (χ3v) is 8.19. The lowest BCUT2D eigenvalue weighted by Gasteiger charge is -2.25. The van der Waals surface area contributed by atoms with Gasteiger partial charge in [-0.05, 0) is 72.9 Å². The maximum Gasteiger partial charge on any atom is 0.407 e. The molecule has 222 valence electrons. The zero-order valence-electron chi connectivity index (χ0n) is 24.1. The molecular weight excluding hydrogens is 566 g/mol. The van der Waals surface area contributed by atoms with Crippen molar-refractivity contribution >= 4 is 22.2 Å². The van der Waals surface area contributed by atoms with Crippen molar-refractivity contribution in [3.8, 4) is 16.9 Å². The fourth-order valence-corrected chi connectivity index (χ4v) is 5.98. The molecule has 4 aromatic carbocycles. The largest absolute Gasteiger partial charge is 0.458 e. The summed E-state index contributed by atoms with van der Waals surface area (Å²) in [5.74, 6) is -0.628. The van der Waals surface area contributed by atoms with Crippen LogP contribution in [0.2, 0.25) is 0 Å². The molecule has 0 bridgehead atoms. The van der Waals surface area contributed by atoms with E-state index in [0.717, 1.165) is 22.3 Å². The number of carbonyl (C=O) groups is 2. The molecule has 4 aromatic rings. The Kier molecular flexibility index (Phi) is 8.54. The minimum absolute atomic E-state index is 0.0383. The van der Waals surface area contributed by atoms with Gasteiger partial charge in [-0.2, -0.15) is 8.42 Å². The van der Waals surface area contributed by atoms with Crippen molar-refractivity contribution in [3.05, 3.63) is 120 Å². The molecule has 0 radical (unpaired) electrons. The highest BCUT2D eigenvalue weighted by atomic mass is 32.2. The van der Waals surface area contributed by atoms with Gasteiger partial charge in [-0.1, -0.05) is 78.9 Å². The van der Waals surface area contributed by atoms with Gasteiger partial charge in [0.1, 0.15) is 28.9 Å². The number of amides is 1. The molecule has 0 unspecified atom stereocenters. The van der Waals surface area contributed by atoms with Crippen molar-refractivity contribution in [2.45, 2.75) is 49.6 Å². The molecule has 8 nitrogen and oxygen atoms in total. The molecule has 0 fully saturated rings. The van der Waals surface area contributed by atoms with Gasteiger partial charge >= 0.3 is 22.2 Å². The number of benzene rings is 4. The monoisotopic (exact) mass is 599 g/mol. The zero-order valence-corrected chi connectivity index (χ0v) is 25.0. The van der Waals surface area contributed by atoms with Gasteiger partial charge in [-0.3, -0.25) is 0 Å². The smallest absolute Gasteiger partial charge is 0.407 e. The predicted molar refractivity (Wildman–Crippen MR) is 162 cm³/mol. The summed E-state index contributed by atoms with van der Waals surface area (Å²) < 4.78 is 41.6. The summed E-state index contributed by atoms with van der Waals surface area (Å²) in [6, 6.07) is 29.1. The molecule has 1 aliphatic carbocycles. The second-order valence-corrected chi connectivity index (χ2v) is 12.8. The standard InChI is InChI=1S/C34H33NO7S/c1-34(2,3)41-32(36)31(21-23-17-19-24(20-18-23)42-43(38,39)25-11-5-4-6-12-25)35-33(37)40-22-30-28-15-9-7-13-26(28)27-14-8-10-16-29(27)30/h4-20,30-31H,21-22H2,1-3H3,(H,35,37)/t31-/m0/s1. The molecular formula is C34H33NO7S. The summed E-state index contributed by atoms with van der Waals surface area (Å²) >= 11 is 0. The van der Waals surface area contributed by atoms with Gasteiger partial charge in [0.25, 0.3) is 0 Å². The van der Waals surface area contributed by atoms with E-state index in [1.54, 1.807) is 51.1 Å². The number of fused-ring (bicyclic) bond motifs is 3. The lowest BCUT2D eigenvalue weighted by molar-refractivity contribution is -0.157. The highest BCUT2D eigenvalue weighted by Gasteiger charge is 2.31. The van der Waals surface area contributed by atoms with Crippen molar-refractivity contribution < 1.29 is 31.7 Å². The van der Waals surface area contributed by atoms with Crippen molar-refractivity contribution in [3.63, 3.8) is 0 Å². The average molecular weight is 600 g/mol. The Hall–Kier alpha value is -4.63. The Morgan fingerprint density at radius 2 is 1.35 bits per heavy atom. The van der Waals surface area contributed by atoms with Gasteiger partial charge in [-0.25, -0.2) is 9.59 Å². The summed E-state index contributed by atoms with van der Waals surface area (Å²) in [6.07, 6.45) is -0.656. The summed E-state index contributed by atoms with van der Waals surface area (Å²) in [7, 11) is -4.00. The first kappa shape index (κ1) is 29.8. The number of alkyl carbamates (subject to hydrolysis) is 1. The maximum absolute atomic E-state index is 13.1. The molecule has 0 aliphatic heterocycles. The molecule has 5 rings (SSSR count). The van der Waals surface area contributed by atoms with E-state index in [2.05, 4.69) is 17.4 Å². The van der Waals surface area contributed by atoms with Crippen LogP contribution < -0.4 is 9.50 Å². The number of hydrogen-bond donors (Lipinski definition) is 1. The molecule has 0 aromatic heterocycles. The van der Waals surface area contributed by atoms with Crippen LogP contribution in [0.5, 0.6) is 5.75 Å². The van der Waals surface area contributed by atoms with E-state index in [1.807, 2.05) is 36.4 Å². The summed E-state index contributed by atoms with van der Waals surface area (Å²) in [5, 5.41) is 2.67. The van der Waals surface area contributed by atoms with E-state index in [0.29, 0.717) is 5.56 Å². The third-order valence-electron chi connectivity index (χ3n) is 6.93. The number of nitrogens with one attached hydrogen (secondary N) is 1. The van der Waals surface area contributed by atoms with Gasteiger partial charge in [0.15, 0.2) is 0 Å². The first-order valence-electron chi connectivity index (χ1n) is 13.9. The van der Waals surface area contributed by atoms with E-state index in [-0.39, 0.29) is 29.6 Å². The average Bonchev–Trinajstić information content (AvgIpc) is 3.30. The highest BCUT2D eigenvalue weighted by Crippen LogP contribution is 2.44. The topological polar surface area (TPSA) is 108 Å². The summed E-state index contributed by atoms with van der Waals surface area (Å²) in [5.41, 5.74) is 4.26. The van der Waals surface area contributed by atoms with Crippen molar-refractivity contribution in [1.82, 2.24) is 5.32 Å². The van der Waals surface area contributed by atoms with Crippen LogP contribution in [-0.2, 0) is 30.8 Å². The van der Waals surface area contributed by atoms with E-state index in [1.165, 1.54) is 24.3 Å². The quantitative estimate of drug-likeness (QED) is 0.179. The molecule has 0 spiro atoms. The number of ether oxygens (including phenoxy) is 2. The Labute approximate surface area is 251 Å². The Morgan fingerprint density at radius 3 is 1.93 bits per heavy atom. The molecule has 1 amide bonds. The minimum atomic E-state index is -4.00. The first-order chi connectivity index (χ1) is 20.5. The zero-order chi connectivity index (χ0) is 30.6.